The molecule has 0 saturated heterocycles. The number of hydrogen-bond donors (Lipinski definition) is 2. The Morgan fingerprint density at radius 1 is 1.57 bits per heavy atom. The summed E-state index contributed by atoms with van der Waals surface area (Å²) in [6, 6.07) is -0.193. The number of urea groups is 1. The standard InChI is InChI=1S/C14H19N5OS/c1-9-17-13-10(4-3-5-12(13)21-9)6-15-14(20)18-11-7-16-19(2)8-11/h7-8,10H,3-6H2,1-2H3,(H2,15,18,20). The van der Waals surface area contributed by atoms with Gasteiger partial charge < -0.3 is 10.6 Å². The van der Waals surface area contributed by atoms with Crippen LogP contribution in [-0.2, 0) is 13.5 Å². The molecule has 0 spiro atoms. The van der Waals surface area contributed by atoms with Crippen LogP contribution >= 0.6 is 11.3 Å². The molecular weight excluding hydrogens is 286 g/mol. The first-order valence-corrected chi connectivity index (χ1v) is 7.93. The smallest absolute Gasteiger partial charge is 0.319 e. The van der Waals surface area contributed by atoms with E-state index in [0.29, 0.717) is 18.2 Å². The molecule has 0 aliphatic heterocycles. The molecule has 3 rings (SSSR count). The molecule has 0 radical (unpaired) electrons. The predicted octanol–water partition coefficient (Wildman–Crippen LogP) is 2.43. The first-order valence-electron chi connectivity index (χ1n) is 7.11. The average molecular weight is 305 g/mol. The molecule has 1 atom stereocenters. The third-order valence-electron chi connectivity index (χ3n) is 3.65. The highest BCUT2D eigenvalue weighted by molar-refractivity contribution is 7.11. The second kappa shape index (κ2) is 5.85. The number of thiazole rings is 1. The average Bonchev–Trinajstić information content (AvgIpc) is 3.01. The summed E-state index contributed by atoms with van der Waals surface area (Å²) in [6.07, 6.45) is 6.78. The number of carbonyl (C=O) groups is 1. The van der Waals surface area contributed by atoms with Gasteiger partial charge in [-0.1, -0.05) is 0 Å². The predicted molar refractivity (Wildman–Crippen MR) is 82.8 cm³/mol. The minimum Gasteiger partial charge on any atom is -0.337 e. The normalized spacial score (nSPS) is 17.3. The third-order valence-corrected chi connectivity index (χ3v) is 4.70. The molecule has 2 aromatic rings. The van der Waals surface area contributed by atoms with Crippen LogP contribution in [-0.4, -0.2) is 27.3 Å². The molecule has 0 fully saturated rings. The van der Waals surface area contributed by atoms with E-state index in [9.17, 15) is 4.79 Å². The number of anilines is 1. The number of amides is 2. The lowest BCUT2D eigenvalue weighted by molar-refractivity contribution is 0.251. The Morgan fingerprint density at radius 3 is 3.19 bits per heavy atom. The van der Waals surface area contributed by atoms with Crippen LogP contribution in [0.1, 0.15) is 34.3 Å². The molecule has 0 saturated carbocycles. The third kappa shape index (κ3) is 3.24. The summed E-state index contributed by atoms with van der Waals surface area (Å²) < 4.78 is 1.65. The quantitative estimate of drug-likeness (QED) is 0.915. The Labute approximate surface area is 127 Å². The Kier molecular flexibility index (Phi) is 3.92. The van der Waals surface area contributed by atoms with Crippen molar-refractivity contribution in [2.24, 2.45) is 7.05 Å². The molecule has 1 aliphatic carbocycles. The van der Waals surface area contributed by atoms with Gasteiger partial charge in [0.2, 0.25) is 0 Å². The SMILES string of the molecule is Cc1nc2c(s1)CCCC2CNC(=O)Nc1cnn(C)c1. The summed E-state index contributed by atoms with van der Waals surface area (Å²) in [5, 5.41) is 10.9. The van der Waals surface area contributed by atoms with Gasteiger partial charge in [0.1, 0.15) is 0 Å². The number of nitrogens with one attached hydrogen (secondary N) is 2. The van der Waals surface area contributed by atoms with Crippen molar-refractivity contribution in [3.05, 3.63) is 28.0 Å². The maximum Gasteiger partial charge on any atom is 0.319 e. The van der Waals surface area contributed by atoms with Gasteiger partial charge in [-0.2, -0.15) is 5.10 Å². The van der Waals surface area contributed by atoms with Gasteiger partial charge in [-0.05, 0) is 26.2 Å². The Balaban J connectivity index is 1.57. The van der Waals surface area contributed by atoms with Crippen LogP contribution in [0.15, 0.2) is 12.4 Å². The van der Waals surface area contributed by atoms with E-state index in [2.05, 4.69) is 20.7 Å². The number of nitrogens with zero attached hydrogens (tertiary/aromatic N) is 3. The molecule has 2 amide bonds. The Morgan fingerprint density at radius 2 is 2.43 bits per heavy atom. The second-order valence-corrected chi connectivity index (χ2v) is 6.66. The first kappa shape index (κ1) is 14.1. The van der Waals surface area contributed by atoms with Crippen molar-refractivity contribution in [3.8, 4) is 0 Å². The van der Waals surface area contributed by atoms with Crippen molar-refractivity contribution in [3.63, 3.8) is 0 Å². The molecule has 2 N–H and O–H groups in total. The summed E-state index contributed by atoms with van der Waals surface area (Å²) >= 11 is 1.78. The van der Waals surface area contributed by atoms with Crippen molar-refractivity contribution in [2.75, 3.05) is 11.9 Å². The largest absolute Gasteiger partial charge is 0.337 e. The van der Waals surface area contributed by atoms with E-state index in [1.165, 1.54) is 17.0 Å². The first-order chi connectivity index (χ1) is 10.1. The molecular formula is C14H19N5OS. The molecule has 6 nitrogen and oxygen atoms in total. The van der Waals surface area contributed by atoms with Gasteiger partial charge in [0.05, 0.1) is 22.6 Å². The van der Waals surface area contributed by atoms with Crippen LogP contribution in [0.2, 0.25) is 0 Å². The number of rotatable bonds is 3. The zero-order chi connectivity index (χ0) is 14.8. The van der Waals surface area contributed by atoms with E-state index in [1.54, 1.807) is 28.4 Å². The number of hydrogen-bond acceptors (Lipinski definition) is 4. The Bertz CT molecular complexity index is 648. The van der Waals surface area contributed by atoms with Crippen molar-refractivity contribution >= 4 is 23.1 Å². The van der Waals surface area contributed by atoms with Gasteiger partial charge in [-0.25, -0.2) is 9.78 Å². The molecule has 1 unspecified atom stereocenters. The summed E-state index contributed by atoms with van der Waals surface area (Å²) in [5.74, 6) is 0.332. The van der Waals surface area contributed by atoms with Crippen LogP contribution in [0, 0.1) is 6.92 Å². The van der Waals surface area contributed by atoms with Crippen molar-refractivity contribution in [1.29, 1.82) is 0 Å². The van der Waals surface area contributed by atoms with E-state index in [-0.39, 0.29) is 6.03 Å². The highest BCUT2D eigenvalue weighted by Crippen LogP contribution is 2.34. The highest BCUT2D eigenvalue weighted by atomic mass is 32.1. The van der Waals surface area contributed by atoms with Crippen LogP contribution in [0.25, 0.3) is 0 Å². The zero-order valence-corrected chi connectivity index (χ0v) is 13.0. The highest BCUT2D eigenvalue weighted by Gasteiger charge is 2.24. The van der Waals surface area contributed by atoms with Crippen molar-refractivity contribution < 1.29 is 4.79 Å². The summed E-state index contributed by atoms with van der Waals surface area (Å²) in [7, 11) is 1.82. The fraction of sp³-hybridized carbons (Fsp3) is 0.500. The molecule has 2 aromatic heterocycles. The summed E-state index contributed by atoms with van der Waals surface area (Å²) in [6.45, 7) is 2.67. The van der Waals surface area contributed by atoms with Gasteiger partial charge in [-0.3, -0.25) is 4.68 Å². The van der Waals surface area contributed by atoms with Gasteiger partial charge >= 0.3 is 6.03 Å². The molecule has 0 aromatic carbocycles. The number of fused-ring (bicyclic) bond motifs is 1. The van der Waals surface area contributed by atoms with Crippen LogP contribution in [0.4, 0.5) is 10.5 Å². The maximum absolute atomic E-state index is 11.9. The number of aromatic nitrogens is 3. The van der Waals surface area contributed by atoms with E-state index in [4.69, 9.17) is 0 Å². The number of carbonyl (C=O) groups excluding carboxylic acids is 1. The van der Waals surface area contributed by atoms with Crippen LogP contribution in [0.5, 0.6) is 0 Å². The van der Waals surface area contributed by atoms with E-state index >= 15 is 0 Å². The van der Waals surface area contributed by atoms with E-state index < -0.39 is 0 Å². The minimum atomic E-state index is -0.193. The molecule has 1 aliphatic rings. The maximum atomic E-state index is 11.9. The van der Waals surface area contributed by atoms with Crippen LogP contribution in [0.3, 0.4) is 0 Å². The summed E-state index contributed by atoms with van der Waals surface area (Å²) in [5.41, 5.74) is 1.88. The Hall–Kier alpha value is -1.89. The fourth-order valence-corrected chi connectivity index (χ4v) is 3.77. The molecule has 7 heteroatoms. The van der Waals surface area contributed by atoms with Gasteiger partial charge in [-0.15, -0.1) is 11.3 Å². The van der Waals surface area contributed by atoms with Crippen LogP contribution < -0.4 is 10.6 Å². The van der Waals surface area contributed by atoms with Gasteiger partial charge in [0, 0.05) is 30.6 Å². The lowest BCUT2D eigenvalue weighted by atomic mass is 9.91. The molecule has 112 valence electrons. The topological polar surface area (TPSA) is 71.8 Å². The minimum absolute atomic E-state index is 0.193. The monoisotopic (exact) mass is 305 g/mol. The van der Waals surface area contributed by atoms with E-state index in [1.807, 2.05) is 14.0 Å². The van der Waals surface area contributed by atoms with Gasteiger partial charge in [0.15, 0.2) is 0 Å². The van der Waals surface area contributed by atoms with E-state index in [0.717, 1.165) is 17.8 Å². The zero-order valence-electron chi connectivity index (χ0n) is 12.2. The lowest BCUT2D eigenvalue weighted by Crippen LogP contribution is -2.33. The summed E-state index contributed by atoms with van der Waals surface area (Å²) in [4.78, 5) is 17.9. The van der Waals surface area contributed by atoms with Gasteiger partial charge in [0.25, 0.3) is 0 Å². The second-order valence-electron chi connectivity index (χ2n) is 5.37. The van der Waals surface area contributed by atoms with Crippen molar-refractivity contribution in [1.82, 2.24) is 20.1 Å². The lowest BCUT2D eigenvalue weighted by Gasteiger charge is -2.21. The molecule has 21 heavy (non-hydrogen) atoms. The molecule has 0 bridgehead atoms. The fourth-order valence-electron chi connectivity index (χ4n) is 2.70. The van der Waals surface area contributed by atoms with Crippen molar-refractivity contribution in [2.45, 2.75) is 32.1 Å². The number of aryl methyl sites for hydroxylation is 3. The molecule has 2 heterocycles.